The van der Waals surface area contributed by atoms with Crippen LogP contribution in [0.5, 0.6) is 11.5 Å². The number of aliphatic hydroxyl groups is 1. The molecule has 5 heteroatoms. The van der Waals surface area contributed by atoms with Crippen molar-refractivity contribution in [1.29, 1.82) is 0 Å². The predicted molar refractivity (Wildman–Crippen MR) is 74.8 cm³/mol. The van der Waals surface area contributed by atoms with Gasteiger partial charge in [-0.25, -0.2) is 0 Å². The maximum absolute atomic E-state index is 9.29. The number of aryl methyl sites for hydroxylation is 2. The van der Waals surface area contributed by atoms with Crippen LogP contribution in [-0.4, -0.2) is 22.2 Å². The molecule has 0 spiro atoms. The van der Waals surface area contributed by atoms with Crippen LogP contribution in [-0.2, 0) is 13.2 Å². The Bertz CT molecular complexity index is 600. The van der Waals surface area contributed by atoms with Crippen molar-refractivity contribution in [2.75, 3.05) is 7.11 Å². The van der Waals surface area contributed by atoms with Crippen molar-refractivity contribution < 1.29 is 14.6 Å². The van der Waals surface area contributed by atoms with Gasteiger partial charge in [-0.15, -0.1) is 0 Å². The molecule has 0 saturated carbocycles. The van der Waals surface area contributed by atoms with Crippen LogP contribution in [0.2, 0.25) is 0 Å². The first-order valence-electron chi connectivity index (χ1n) is 6.34. The van der Waals surface area contributed by atoms with Crippen LogP contribution in [0.15, 0.2) is 24.3 Å². The molecular formula is C15H18N2O3. The van der Waals surface area contributed by atoms with Crippen LogP contribution < -0.4 is 9.47 Å². The lowest BCUT2D eigenvalue weighted by Crippen LogP contribution is -2.04. The van der Waals surface area contributed by atoms with Crippen LogP contribution in [0.4, 0.5) is 0 Å². The molecule has 20 heavy (non-hydrogen) atoms. The van der Waals surface area contributed by atoms with Gasteiger partial charge in [-0.1, -0.05) is 0 Å². The molecule has 1 N–H and O–H groups in total. The molecule has 2 aromatic heterocycles. The fourth-order valence-corrected chi connectivity index (χ4v) is 1.89. The van der Waals surface area contributed by atoms with Gasteiger partial charge in [-0.3, -0.25) is 9.97 Å². The first-order valence-corrected chi connectivity index (χ1v) is 6.34. The van der Waals surface area contributed by atoms with Gasteiger partial charge in [0.25, 0.3) is 0 Å². The Morgan fingerprint density at radius 1 is 1.10 bits per heavy atom. The molecule has 0 amide bonds. The van der Waals surface area contributed by atoms with E-state index in [9.17, 15) is 5.11 Å². The van der Waals surface area contributed by atoms with Crippen LogP contribution in [0.3, 0.4) is 0 Å². The molecular weight excluding hydrogens is 256 g/mol. The number of hydrogen-bond donors (Lipinski definition) is 1. The van der Waals surface area contributed by atoms with E-state index in [1.54, 1.807) is 13.2 Å². The minimum atomic E-state index is -0.151. The molecule has 0 aliphatic heterocycles. The second-order valence-corrected chi connectivity index (χ2v) is 4.48. The van der Waals surface area contributed by atoms with Gasteiger partial charge in [0.15, 0.2) is 0 Å². The predicted octanol–water partition coefficient (Wildman–Crippen LogP) is 2.17. The van der Waals surface area contributed by atoms with Crippen LogP contribution >= 0.6 is 0 Å². The largest absolute Gasteiger partial charge is 0.497 e. The van der Waals surface area contributed by atoms with Crippen molar-refractivity contribution in [3.8, 4) is 11.5 Å². The number of aromatic nitrogens is 2. The molecule has 0 aliphatic carbocycles. The standard InChI is InChI=1S/C15H18N2O3/c1-10-4-5-15(14(8-18)17-10)20-9-12-7-13(19-3)6-11(2)16-12/h4-7,18H,8-9H2,1-3H3. The topological polar surface area (TPSA) is 64.5 Å². The maximum atomic E-state index is 9.29. The van der Waals surface area contributed by atoms with E-state index in [4.69, 9.17) is 9.47 Å². The van der Waals surface area contributed by atoms with E-state index >= 15 is 0 Å². The molecule has 106 valence electrons. The third-order valence-corrected chi connectivity index (χ3v) is 2.81. The van der Waals surface area contributed by atoms with E-state index < -0.39 is 0 Å². The summed E-state index contributed by atoms with van der Waals surface area (Å²) >= 11 is 0. The van der Waals surface area contributed by atoms with E-state index in [0.29, 0.717) is 18.1 Å². The molecule has 2 aromatic rings. The summed E-state index contributed by atoms with van der Waals surface area (Å²) in [6, 6.07) is 7.34. The van der Waals surface area contributed by atoms with Gasteiger partial charge in [0.05, 0.1) is 19.4 Å². The lowest BCUT2D eigenvalue weighted by atomic mass is 10.3. The molecule has 0 bridgehead atoms. The number of methoxy groups -OCH3 is 1. The Labute approximate surface area is 118 Å². The average Bonchev–Trinajstić information content (AvgIpc) is 2.45. The van der Waals surface area contributed by atoms with E-state index in [0.717, 1.165) is 22.8 Å². The fraction of sp³-hybridized carbons (Fsp3) is 0.333. The molecule has 0 aliphatic rings. The zero-order valence-electron chi connectivity index (χ0n) is 11.9. The Morgan fingerprint density at radius 2 is 1.90 bits per heavy atom. The molecule has 2 rings (SSSR count). The second kappa shape index (κ2) is 6.34. The Morgan fingerprint density at radius 3 is 2.60 bits per heavy atom. The Kier molecular flexibility index (Phi) is 4.53. The number of nitrogens with zero attached hydrogens (tertiary/aromatic N) is 2. The monoisotopic (exact) mass is 274 g/mol. The summed E-state index contributed by atoms with van der Waals surface area (Å²) in [5, 5.41) is 9.29. The summed E-state index contributed by atoms with van der Waals surface area (Å²) in [5.41, 5.74) is 3.01. The van der Waals surface area contributed by atoms with Gasteiger partial charge < -0.3 is 14.6 Å². The third kappa shape index (κ3) is 3.45. The normalized spacial score (nSPS) is 10.4. The molecule has 0 radical (unpaired) electrons. The van der Waals surface area contributed by atoms with Gasteiger partial charge in [0, 0.05) is 23.5 Å². The summed E-state index contributed by atoms with van der Waals surface area (Å²) in [4.78, 5) is 8.62. The maximum Gasteiger partial charge on any atom is 0.143 e. The lowest BCUT2D eigenvalue weighted by molar-refractivity contribution is 0.251. The van der Waals surface area contributed by atoms with Gasteiger partial charge in [-0.05, 0) is 26.0 Å². The lowest BCUT2D eigenvalue weighted by Gasteiger charge is -2.11. The first-order chi connectivity index (χ1) is 9.62. The van der Waals surface area contributed by atoms with Crippen molar-refractivity contribution in [3.63, 3.8) is 0 Å². The van der Waals surface area contributed by atoms with Crippen LogP contribution in [0.25, 0.3) is 0 Å². The van der Waals surface area contributed by atoms with E-state index in [1.165, 1.54) is 0 Å². The number of pyridine rings is 2. The fourth-order valence-electron chi connectivity index (χ4n) is 1.89. The van der Waals surface area contributed by atoms with E-state index in [2.05, 4.69) is 9.97 Å². The number of hydrogen-bond acceptors (Lipinski definition) is 5. The molecule has 0 fully saturated rings. The molecule has 0 atom stereocenters. The molecule has 2 heterocycles. The minimum absolute atomic E-state index is 0.151. The van der Waals surface area contributed by atoms with Gasteiger partial charge in [0.2, 0.25) is 0 Å². The smallest absolute Gasteiger partial charge is 0.143 e. The zero-order chi connectivity index (χ0) is 14.5. The summed E-state index contributed by atoms with van der Waals surface area (Å²) in [6.07, 6.45) is 0. The van der Waals surface area contributed by atoms with Crippen LogP contribution in [0.1, 0.15) is 22.8 Å². The van der Waals surface area contributed by atoms with Crippen LogP contribution in [0, 0.1) is 13.8 Å². The first kappa shape index (κ1) is 14.3. The molecule has 0 aromatic carbocycles. The van der Waals surface area contributed by atoms with Gasteiger partial charge >= 0.3 is 0 Å². The summed E-state index contributed by atoms with van der Waals surface area (Å²) in [7, 11) is 1.62. The Balaban J connectivity index is 2.14. The highest BCUT2D eigenvalue weighted by atomic mass is 16.5. The Hall–Kier alpha value is -2.14. The van der Waals surface area contributed by atoms with E-state index in [-0.39, 0.29) is 6.61 Å². The van der Waals surface area contributed by atoms with Crippen molar-refractivity contribution in [3.05, 3.63) is 47.0 Å². The molecule has 0 saturated heterocycles. The van der Waals surface area contributed by atoms with Crippen molar-refractivity contribution in [1.82, 2.24) is 9.97 Å². The zero-order valence-corrected chi connectivity index (χ0v) is 11.9. The van der Waals surface area contributed by atoms with E-state index in [1.807, 2.05) is 32.0 Å². The average molecular weight is 274 g/mol. The quantitative estimate of drug-likeness (QED) is 0.905. The highest BCUT2D eigenvalue weighted by Gasteiger charge is 2.07. The summed E-state index contributed by atoms with van der Waals surface area (Å²) in [6.45, 7) is 3.92. The molecule has 0 unspecified atom stereocenters. The van der Waals surface area contributed by atoms with Crippen molar-refractivity contribution >= 4 is 0 Å². The summed E-state index contributed by atoms with van der Waals surface area (Å²) < 4.78 is 10.9. The SMILES string of the molecule is COc1cc(C)nc(COc2ccc(C)nc2CO)c1. The second-order valence-electron chi connectivity index (χ2n) is 4.48. The highest BCUT2D eigenvalue weighted by molar-refractivity contribution is 5.30. The highest BCUT2D eigenvalue weighted by Crippen LogP contribution is 2.19. The van der Waals surface area contributed by atoms with Gasteiger partial charge in [-0.2, -0.15) is 0 Å². The minimum Gasteiger partial charge on any atom is -0.497 e. The number of rotatable bonds is 5. The number of aliphatic hydroxyl groups excluding tert-OH is 1. The van der Waals surface area contributed by atoms with Crippen molar-refractivity contribution in [2.24, 2.45) is 0 Å². The van der Waals surface area contributed by atoms with Crippen molar-refractivity contribution in [2.45, 2.75) is 27.1 Å². The third-order valence-electron chi connectivity index (χ3n) is 2.81. The summed E-state index contributed by atoms with van der Waals surface area (Å²) in [5.74, 6) is 1.32. The van der Waals surface area contributed by atoms with Gasteiger partial charge in [0.1, 0.15) is 23.8 Å². The number of ether oxygens (including phenoxy) is 2. The molecule has 5 nitrogen and oxygen atoms in total.